The molecule has 2 aromatic rings. The second-order valence-corrected chi connectivity index (χ2v) is 10.7. The highest BCUT2D eigenvalue weighted by molar-refractivity contribution is 6.77. The van der Waals surface area contributed by atoms with Gasteiger partial charge >= 0.3 is 17.1 Å². The number of rotatable bonds is 2. The summed E-state index contributed by atoms with van der Waals surface area (Å²) in [6, 6.07) is 13.7. The molecule has 0 fully saturated rings. The van der Waals surface area contributed by atoms with Crippen LogP contribution in [0.1, 0.15) is 11.1 Å². The smallest absolute Gasteiger partial charge is 0.363 e. The van der Waals surface area contributed by atoms with Crippen LogP contribution in [0, 0.1) is 11.8 Å². The quantitative estimate of drug-likeness (QED) is 0.447. The highest BCUT2D eigenvalue weighted by atomic mass is 28.4. The Bertz CT molecular complexity index is 638. The van der Waals surface area contributed by atoms with Gasteiger partial charge in [-0.3, -0.25) is 0 Å². The average Bonchev–Trinajstić information content (AvgIpc) is 2.44. The molecule has 2 rings (SSSR count). The van der Waals surface area contributed by atoms with E-state index < -0.39 is 17.1 Å². The molecule has 0 saturated heterocycles. The Morgan fingerprint density at radius 1 is 0.591 bits per heavy atom. The minimum atomic E-state index is -3.26. The molecule has 0 spiro atoms. The van der Waals surface area contributed by atoms with E-state index in [1.54, 1.807) is 48.5 Å². The van der Waals surface area contributed by atoms with Crippen molar-refractivity contribution in [1.29, 1.82) is 0 Å². The van der Waals surface area contributed by atoms with E-state index >= 15 is 0 Å². The van der Waals surface area contributed by atoms with Crippen LogP contribution >= 0.6 is 0 Å². The molecule has 0 atom stereocenters. The van der Waals surface area contributed by atoms with Crippen molar-refractivity contribution in [2.24, 2.45) is 0 Å². The van der Waals surface area contributed by atoms with Crippen LogP contribution in [-0.4, -0.2) is 36.3 Å². The first-order chi connectivity index (χ1) is 10.2. The third-order valence-electron chi connectivity index (χ3n) is 3.21. The van der Waals surface area contributed by atoms with Crippen LogP contribution in [0.2, 0.25) is 13.1 Å². The van der Waals surface area contributed by atoms with E-state index in [1.807, 2.05) is 0 Å². The Labute approximate surface area is 131 Å². The van der Waals surface area contributed by atoms with Crippen molar-refractivity contribution in [3.05, 3.63) is 59.7 Å². The first-order valence-electron chi connectivity index (χ1n) is 6.79. The van der Waals surface area contributed by atoms with E-state index in [-0.39, 0.29) is 0 Å². The van der Waals surface area contributed by atoms with E-state index in [0.717, 1.165) is 11.1 Å². The molecule has 0 radical (unpaired) electrons. The zero-order chi connectivity index (χ0) is 16.4. The van der Waals surface area contributed by atoms with Gasteiger partial charge in [-0.1, -0.05) is 36.1 Å². The minimum absolute atomic E-state index is 0.539. The lowest BCUT2D eigenvalue weighted by molar-refractivity contribution is 0.390. The van der Waals surface area contributed by atoms with Crippen LogP contribution < -0.4 is 10.4 Å². The number of hydrogen-bond donors (Lipinski definition) is 4. The predicted octanol–water partition coefficient (Wildman–Crippen LogP) is -0.386. The highest BCUT2D eigenvalue weighted by Gasteiger charge is 2.24. The van der Waals surface area contributed by atoms with Gasteiger partial charge in [-0.15, -0.1) is 0 Å². The van der Waals surface area contributed by atoms with Gasteiger partial charge in [-0.2, -0.15) is 0 Å². The van der Waals surface area contributed by atoms with Crippen molar-refractivity contribution in [3.8, 4) is 11.8 Å². The van der Waals surface area contributed by atoms with Gasteiger partial charge < -0.3 is 19.2 Å². The summed E-state index contributed by atoms with van der Waals surface area (Å²) in [5, 5.41) is 1.08. The lowest BCUT2D eigenvalue weighted by atomic mass is 10.2. The topological polar surface area (TPSA) is 80.9 Å². The molecule has 114 valence electrons. The lowest BCUT2D eigenvalue weighted by Crippen LogP contribution is -2.44. The Morgan fingerprint density at radius 2 is 0.864 bits per heavy atom. The first kappa shape index (κ1) is 16.6. The van der Waals surface area contributed by atoms with Gasteiger partial charge in [0.1, 0.15) is 0 Å². The molecule has 0 aliphatic rings. The van der Waals surface area contributed by atoms with Gasteiger partial charge in [0.2, 0.25) is 0 Å². The molecule has 0 saturated carbocycles. The van der Waals surface area contributed by atoms with Crippen LogP contribution in [0.5, 0.6) is 0 Å². The monoisotopic (exact) mass is 330 g/mol. The molecule has 0 heterocycles. The third kappa shape index (κ3) is 4.38. The van der Waals surface area contributed by atoms with E-state index in [2.05, 4.69) is 11.8 Å². The van der Waals surface area contributed by atoms with Gasteiger partial charge in [-0.25, -0.2) is 0 Å². The summed E-state index contributed by atoms with van der Waals surface area (Å²) < 4.78 is 0. The van der Waals surface area contributed by atoms with Crippen molar-refractivity contribution >= 4 is 27.5 Å². The Kier molecular flexibility index (Phi) is 4.67. The zero-order valence-corrected chi connectivity index (χ0v) is 14.4. The predicted molar refractivity (Wildman–Crippen MR) is 90.2 cm³/mol. The molecule has 4 nitrogen and oxygen atoms in total. The van der Waals surface area contributed by atoms with Gasteiger partial charge in [0.05, 0.1) is 0 Å². The Hall–Kier alpha value is -1.73. The third-order valence-corrected chi connectivity index (χ3v) is 6.07. The summed E-state index contributed by atoms with van der Waals surface area (Å²) in [7, 11) is -6.52. The molecule has 22 heavy (non-hydrogen) atoms. The minimum Gasteiger partial charge on any atom is -0.408 e. The SMILES string of the molecule is C[Si](O)(O)c1ccc(C#Cc2ccc([Si](C)(O)O)cc2)cc1. The Morgan fingerprint density at radius 3 is 1.09 bits per heavy atom. The maximum atomic E-state index is 9.60. The van der Waals surface area contributed by atoms with Crippen molar-refractivity contribution < 1.29 is 19.2 Å². The molecular weight excluding hydrogens is 312 g/mol. The maximum absolute atomic E-state index is 9.60. The largest absolute Gasteiger partial charge is 0.408 e. The molecule has 6 heteroatoms. The lowest BCUT2D eigenvalue weighted by Gasteiger charge is -2.11. The Balaban J connectivity index is 2.17. The molecule has 4 N–H and O–H groups in total. The average molecular weight is 330 g/mol. The molecule has 0 aliphatic heterocycles. The highest BCUT2D eigenvalue weighted by Crippen LogP contribution is 2.02. The molecule has 2 aromatic carbocycles. The van der Waals surface area contributed by atoms with Gasteiger partial charge in [0.25, 0.3) is 0 Å². The van der Waals surface area contributed by atoms with Gasteiger partial charge in [-0.05, 0) is 47.7 Å². The summed E-state index contributed by atoms with van der Waals surface area (Å²) in [5.41, 5.74) is 1.55. The zero-order valence-electron chi connectivity index (χ0n) is 12.4. The maximum Gasteiger partial charge on any atom is 0.363 e. The molecular formula is C16H18O4Si2. The molecule has 0 aliphatic carbocycles. The van der Waals surface area contributed by atoms with E-state index in [4.69, 9.17) is 0 Å². The summed E-state index contributed by atoms with van der Waals surface area (Å²) in [6.07, 6.45) is 0. The van der Waals surface area contributed by atoms with E-state index in [9.17, 15) is 19.2 Å². The van der Waals surface area contributed by atoms with E-state index in [1.165, 1.54) is 13.1 Å². The first-order valence-corrected chi connectivity index (χ1v) is 11.6. The van der Waals surface area contributed by atoms with Crippen molar-refractivity contribution in [2.75, 3.05) is 0 Å². The van der Waals surface area contributed by atoms with Crippen LogP contribution in [0.3, 0.4) is 0 Å². The fourth-order valence-electron chi connectivity index (χ4n) is 1.88. The summed E-state index contributed by atoms with van der Waals surface area (Å²) >= 11 is 0. The summed E-state index contributed by atoms with van der Waals surface area (Å²) in [4.78, 5) is 38.4. The molecule has 0 bridgehead atoms. The number of benzene rings is 2. The molecule has 0 unspecified atom stereocenters. The normalized spacial score (nSPS) is 11.7. The summed E-state index contributed by atoms with van der Waals surface area (Å²) in [6.45, 7) is 2.88. The van der Waals surface area contributed by atoms with Crippen molar-refractivity contribution in [2.45, 2.75) is 13.1 Å². The van der Waals surface area contributed by atoms with Crippen LogP contribution in [-0.2, 0) is 0 Å². The molecule has 0 amide bonds. The van der Waals surface area contributed by atoms with Crippen molar-refractivity contribution in [3.63, 3.8) is 0 Å². The second-order valence-electron chi connectivity index (χ2n) is 5.45. The fraction of sp³-hybridized carbons (Fsp3) is 0.125. The van der Waals surface area contributed by atoms with Crippen LogP contribution in [0.25, 0.3) is 0 Å². The second kappa shape index (κ2) is 6.18. The van der Waals surface area contributed by atoms with Crippen LogP contribution in [0.4, 0.5) is 0 Å². The van der Waals surface area contributed by atoms with Crippen LogP contribution in [0.15, 0.2) is 48.5 Å². The molecule has 0 aromatic heterocycles. The van der Waals surface area contributed by atoms with Crippen molar-refractivity contribution in [1.82, 2.24) is 0 Å². The standard InChI is InChI=1S/C16H18O4Si2/c1-21(17,18)15-9-5-13(6-10-15)3-4-14-7-11-16(12-8-14)22(2,19)20/h5-12,17-20H,1-2H3. The van der Waals surface area contributed by atoms with E-state index in [0.29, 0.717) is 10.4 Å². The number of hydrogen-bond acceptors (Lipinski definition) is 4. The fourth-order valence-corrected chi connectivity index (χ4v) is 3.48. The van der Waals surface area contributed by atoms with Gasteiger partial charge in [0.15, 0.2) is 0 Å². The summed E-state index contributed by atoms with van der Waals surface area (Å²) in [5.74, 6) is 5.97. The van der Waals surface area contributed by atoms with Gasteiger partial charge in [0, 0.05) is 11.1 Å².